The first kappa shape index (κ1) is 23.3. The molecule has 4 aromatic rings. The lowest BCUT2D eigenvalue weighted by atomic mass is 10.0. The van der Waals surface area contributed by atoms with Crippen molar-refractivity contribution in [3.8, 4) is 16.9 Å². The fourth-order valence-electron chi connectivity index (χ4n) is 4.03. The van der Waals surface area contributed by atoms with Crippen LogP contribution in [0.3, 0.4) is 0 Å². The van der Waals surface area contributed by atoms with Crippen LogP contribution in [0, 0.1) is 0 Å². The number of hydrogen-bond acceptors (Lipinski definition) is 3. The number of carboxylic acid groups (broad SMARTS) is 1. The highest BCUT2D eigenvalue weighted by molar-refractivity contribution is 5.89. The summed E-state index contributed by atoms with van der Waals surface area (Å²) in [5, 5.41) is 9.27. The Labute approximate surface area is 201 Å². The van der Waals surface area contributed by atoms with Gasteiger partial charge in [-0.25, -0.2) is 4.79 Å². The average molecular weight is 452 g/mol. The fraction of sp³-hybridized carbons (Fsp3) is 0.167. The maximum atomic E-state index is 11.3. The second kappa shape index (κ2) is 11.3. The number of ether oxygens (including phenoxy) is 1. The van der Waals surface area contributed by atoms with Crippen molar-refractivity contribution in [1.29, 1.82) is 0 Å². The summed E-state index contributed by atoms with van der Waals surface area (Å²) >= 11 is 0. The molecule has 172 valence electrons. The summed E-state index contributed by atoms with van der Waals surface area (Å²) in [5.74, 6) is -0.0480. The van der Waals surface area contributed by atoms with Crippen molar-refractivity contribution in [2.45, 2.75) is 19.5 Å². The number of aromatic carboxylic acids is 1. The second-order valence-corrected chi connectivity index (χ2v) is 8.38. The van der Waals surface area contributed by atoms with Gasteiger partial charge >= 0.3 is 5.97 Å². The first-order chi connectivity index (χ1) is 16.6. The predicted molar refractivity (Wildman–Crippen MR) is 136 cm³/mol. The molecule has 0 saturated heterocycles. The molecule has 0 fully saturated rings. The van der Waals surface area contributed by atoms with E-state index in [1.807, 2.05) is 24.3 Å². The molecule has 4 heteroatoms. The number of nitrogens with zero attached hydrogens (tertiary/aromatic N) is 1. The SMILES string of the molecule is COc1ccc(CN(CCc2ccccc2)Cc2ccc(-c3cccc(C(=O)O)c3)cc2)cc1. The number of carboxylic acids is 1. The molecule has 0 saturated carbocycles. The van der Waals surface area contributed by atoms with Gasteiger partial charge in [-0.3, -0.25) is 4.90 Å². The summed E-state index contributed by atoms with van der Waals surface area (Å²) in [6.45, 7) is 2.62. The van der Waals surface area contributed by atoms with Gasteiger partial charge in [0.15, 0.2) is 0 Å². The molecule has 4 nitrogen and oxygen atoms in total. The van der Waals surface area contributed by atoms with Gasteiger partial charge in [-0.05, 0) is 58.5 Å². The van der Waals surface area contributed by atoms with Crippen molar-refractivity contribution in [3.63, 3.8) is 0 Å². The van der Waals surface area contributed by atoms with E-state index in [0.717, 1.165) is 42.9 Å². The average Bonchev–Trinajstić information content (AvgIpc) is 2.89. The molecule has 0 aliphatic rings. The van der Waals surface area contributed by atoms with E-state index in [2.05, 4.69) is 65.6 Å². The normalized spacial score (nSPS) is 10.9. The maximum Gasteiger partial charge on any atom is 0.335 e. The predicted octanol–water partition coefficient (Wildman–Crippen LogP) is 6.31. The molecule has 4 rings (SSSR count). The number of benzene rings is 4. The lowest BCUT2D eigenvalue weighted by Crippen LogP contribution is -2.25. The minimum atomic E-state index is -0.911. The summed E-state index contributed by atoms with van der Waals surface area (Å²) in [7, 11) is 1.68. The molecule has 0 aliphatic heterocycles. The Balaban J connectivity index is 1.48. The summed E-state index contributed by atoms with van der Waals surface area (Å²) in [6, 6.07) is 34.3. The zero-order valence-corrected chi connectivity index (χ0v) is 19.4. The molecule has 34 heavy (non-hydrogen) atoms. The lowest BCUT2D eigenvalue weighted by Gasteiger charge is -2.23. The highest BCUT2D eigenvalue weighted by Gasteiger charge is 2.10. The van der Waals surface area contributed by atoms with Crippen LogP contribution in [0.2, 0.25) is 0 Å². The Morgan fingerprint density at radius 2 is 1.38 bits per heavy atom. The first-order valence-corrected chi connectivity index (χ1v) is 11.4. The van der Waals surface area contributed by atoms with E-state index in [0.29, 0.717) is 5.56 Å². The van der Waals surface area contributed by atoms with E-state index in [4.69, 9.17) is 4.74 Å². The Bertz CT molecular complexity index is 1200. The smallest absolute Gasteiger partial charge is 0.335 e. The van der Waals surface area contributed by atoms with Crippen molar-refractivity contribution in [3.05, 3.63) is 125 Å². The molecular formula is C30H29NO3. The van der Waals surface area contributed by atoms with Crippen LogP contribution < -0.4 is 4.74 Å². The molecule has 1 N–H and O–H groups in total. The molecule has 0 atom stereocenters. The van der Waals surface area contributed by atoms with Crippen LogP contribution in [0.15, 0.2) is 103 Å². The Kier molecular flexibility index (Phi) is 7.74. The van der Waals surface area contributed by atoms with Crippen molar-refractivity contribution >= 4 is 5.97 Å². The van der Waals surface area contributed by atoms with E-state index in [9.17, 15) is 9.90 Å². The van der Waals surface area contributed by atoms with Crippen LogP contribution in [0.1, 0.15) is 27.0 Å². The van der Waals surface area contributed by atoms with Crippen LogP contribution in [0.5, 0.6) is 5.75 Å². The zero-order valence-electron chi connectivity index (χ0n) is 19.4. The third-order valence-corrected chi connectivity index (χ3v) is 5.93. The lowest BCUT2D eigenvalue weighted by molar-refractivity contribution is 0.0697. The van der Waals surface area contributed by atoms with Crippen molar-refractivity contribution in [2.24, 2.45) is 0 Å². The van der Waals surface area contributed by atoms with E-state index in [-0.39, 0.29) is 0 Å². The molecule has 0 aromatic heterocycles. The molecule has 0 spiro atoms. The topological polar surface area (TPSA) is 49.8 Å². The standard InChI is InChI=1S/C30H29NO3/c1-34-29-16-12-25(13-17-29)22-31(19-18-23-6-3-2-4-7-23)21-24-10-14-26(15-11-24)27-8-5-9-28(20-27)30(32)33/h2-17,20H,18-19,21-22H2,1H3,(H,32,33). The largest absolute Gasteiger partial charge is 0.497 e. The molecule has 0 amide bonds. The van der Waals surface area contributed by atoms with E-state index >= 15 is 0 Å². The van der Waals surface area contributed by atoms with Gasteiger partial charge in [0.25, 0.3) is 0 Å². The molecule has 0 bridgehead atoms. The molecule has 0 heterocycles. The molecular weight excluding hydrogens is 422 g/mol. The minimum absolute atomic E-state index is 0.299. The number of carbonyl (C=O) groups is 1. The number of hydrogen-bond donors (Lipinski definition) is 1. The minimum Gasteiger partial charge on any atom is -0.497 e. The number of methoxy groups -OCH3 is 1. The Hall–Kier alpha value is -3.89. The van der Waals surface area contributed by atoms with Crippen LogP contribution in [0.25, 0.3) is 11.1 Å². The van der Waals surface area contributed by atoms with Gasteiger partial charge < -0.3 is 9.84 Å². The third kappa shape index (κ3) is 6.33. The van der Waals surface area contributed by atoms with Crippen LogP contribution in [-0.4, -0.2) is 29.6 Å². The van der Waals surface area contributed by atoms with Crippen LogP contribution >= 0.6 is 0 Å². The van der Waals surface area contributed by atoms with E-state index in [1.165, 1.54) is 16.7 Å². The summed E-state index contributed by atoms with van der Waals surface area (Å²) in [5.41, 5.74) is 6.02. The molecule has 0 radical (unpaired) electrons. The maximum absolute atomic E-state index is 11.3. The van der Waals surface area contributed by atoms with Gasteiger partial charge in [0.1, 0.15) is 5.75 Å². The van der Waals surface area contributed by atoms with Crippen molar-refractivity contribution in [1.82, 2.24) is 4.90 Å². The van der Waals surface area contributed by atoms with Gasteiger partial charge in [0.05, 0.1) is 12.7 Å². The molecule has 0 aliphatic carbocycles. The Morgan fingerprint density at radius 3 is 2.00 bits per heavy atom. The van der Waals surface area contributed by atoms with Crippen molar-refractivity contribution < 1.29 is 14.6 Å². The highest BCUT2D eigenvalue weighted by Crippen LogP contribution is 2.22. The second-order valence-electron chi connectivity index (χ2n) is 8.38. The van der Waals surface area contributed by atoms with Gasteiger partial charge in [0.2, 0.25) is 0 Å². The molecule has 0 unspecified atom stereocenters. The van der Waals surface area contributed by atoms with Gasteiger partial charge in [-0.1, -0.05) is 78.9 Å². The fourth-order valence-corrected chi connectivity index (χ4v) is 4.03. The zero-order chi connectivity index (χ0) is 23.8. The first-order valence-electron chi connectivity index (χ1n) is 11.4. The van der Waals surface area contributed by atoms with E-state index in [1.54, 1.807) is 25.3 Å². The quantitative estimate of drug-likeness (QED) is 0.307. The van der Waals surface area contributed by atoms with Crippen LogP contribution in [0.4, 0.5) is 0 Å². The van der Waals surface area contributed by atoms with Gasteiger partial charge in [0, 0.05) is 19.6 Å². The Morgan fingerprint density at radius 1 is 0.735 bits per heavy atom. The third-order valence-electron chi connectivity index (χ3n) is 5.93. The van der Waals surface area contributed by atoms with Gasteiger partial charge in [-0.2, -0.15) is 0 Å². The van der Waals surface area contributed by atoms with Crippen molar-refractivity contribution in [2.75, 3.05) is 13.7 Å². The van der Waals surface area contributed by atoms with E-state index < -0.39 is 5.97 Å². The highest BCUT2D eigenvalue weighted by atomic mass is 16.5. The summed E-state index contributed by atoms with van der Waals surface area (Å²) in [6.07, 6.45) is 0.983. The van der Waals surface area contributed by atoms with Crippen LogP contribution in [-0.2, 0) is 19.5 Å². The monoisotopic (exact) mass is 451 g/mol. The summed E-state index contributed by atoms with van der Waals surface area (Å²) in [4.78, 5) is 13.8. The molecule has 4 aromatic carbocycles. The van der Waals surface area contributed by atoms with Gasteiger partial charge in [-0.15, -0.1) is 0 Å². The summed E-state index contributed by atoms with van der Waals surface area (Å²) < 4.78 is 5.30. The number of rotatable bonds is 10.